The highest BCUT2D eigenvalue weighted by Gasteiger charge is 2.26. The summed E-state index contributed by atoms with van der Waals surface area (Å²) >= 11 is 0. The number of aromatic nitrogens is 1. The summed E-state index contributed by atoms with van der Waals surface area (Å²) in [5.74, 6) is 0.210. The Bertz CT molecular complexity index is 1220. The van der Waals surface area contributed by atoms with Crippen molar-refractivity contribution in [3.05, 3.63) is 72.7 Å². The van der Waals surface area contributed by atoms with Crippen molar-refractivity contribution in [1.29, 1.82) is 0 Å². The summed E-state index contributed by atoms with van der Waals surface area (Å²) in [5.41, 5.74) is 2.26. The van der Waals surface area contributed by atoms with Crippen LogP contribution in [0.3, 0.4) is 0 Å². The van der Waals surface area contributed by atoms with Gasteiger partial charge in [-0.15, -0.1) is 0 Å². The van der Waals surface area contributed by atoms with Crippen molar-refractivity contribution in [1.82, 2.24) is 9.88 Å². The van der Waals surface area contributed by atoms with Crippen LogP contribution in [0, 0.1) is 5.82 Å². The molecule has 2 aliphatic rings. The van der Waals surface area contributed by atoms with E-state index in [9.17, 15) is 12.8 Å². The van der Waals surface area contributed by atoms with E-state index in [0.29, 0.717) is 5.69 Å². The van der Waals surface area contributed by atoms with Gasteiger partial charge in [-0.3, -0.25) is 9.62 Å². The van der Waals surface area contributed by atoms with Gasteiger partial charge in [-0.2, -0.15) is 0 Å². The third kappa shape index (κ3) is 4.93. The average molecular weight is 481 g/mol. The normalized spacial score (nSPS) is 17.7. The Hall–Kier alpha value is -2.97. The first kappa shape index (κ1) is 22.8. The maximum absolute atomic E-state index is 13.9. The van der Waals surface area contributed by atoms with Gasteiger partial charge in [0.05, 0.1) is 0 Å². The molecule has 3 aromatic rings. The topological polar surface area (TPSA) is 65.5 Å². The van der Waals surface area contributed by atoms with Crippen LogP contribution in [0.2, 0.25) is 0 Å². The number of hydrogen-bond donors (Lipinski definition) is 1. The zero-order valence-electron chi connectivity index (χ0n) is 19.0. The first-order valence-corrected chi connectivity index (χ1v) is 13.3. The summed E-state index contributed by atoms with van der Waals surface area (Å²) in [6.07, 6.45) is 7.28. The number of nitrogens with one attached hydrogen (secondary N) is 1. The second kappa shape index (κ2) is 9.72. The van der Waals surface area contributed by atoms with Crippen molar-refractivity contribution in [2.75, 3.05) is 35.8 Å². The number of halogens is 1. The van der Waals surface area contributed by atoms with Gasteiger partial charge in [0.25, 0.3) is 10.0 Å². The minimum Gasteiger partial charge on any atom is -0.354 e. The second-order valence-electron chi connectivity index (χ2n) is 8.98. The van der Waals surface area contributed by atoms with Crippen molar-refractivity contribution in [2.24, 2.45) is 0 Å². The Kier molecular flexibility index (Phi) is 6.52. The van der Waals surface area contributed by atoms with Crippen LogP contribution < -0.4 is 9.62 Å². The minimum absolute atomic E-state index is 0.372. The molecule has 1 N–H and O–H groups in total. The molecule has 1 saturated heterocycles. The molecule has 0 unspecified atom stereocenters. The number of rotatable bonds is 6. The molecule has 1 aromatic heterocycles. The first-order valence-electron chi connectivity index (χ1n) is 11.8. The molecule has 2 fully saturated rings. The van der Waals surface area contributed by atoms with Gasteiger partial charge in [0.1, 0.15) is 16.5 Å². The third-order valence-corrected chi connectivity index (χ3v) is 8.24. The van der Waals surface area contributed by atoms with Gasteiger partial charge in [0.15, 0.2) is 0 Å². The highest BCUT2D eigenvalue weighted by Crippen LogP contribution is 2.27. The maximum atomic E-state index is 13.9. The van der Waals surface area contributed by atoms with Gasteiger partial charge in [-0.25, -0.2) is 17.8 Å². The van der Waals surface area contributed by atoms with E-state index in [1.165, 1.54) is 43.9 Å². The van der Waals surface area contributed by atoms with Gasteiger partial charge in [0.2, 0.25) is 0 Å². The van der Waals surface area contributed by atoms with Crippen LogP contribution in [-0.4, -0.2) is 50.5 Å². The van der Waals surface area contributed by atoms with Crippen molar-refractivity contribution in [2.45, 2.75) is 36.6 Å². The molecule has 0 radical (unpaired) electrons. The van der Waals surface area contributed by atoms with Crippen molar-refractivity contribution in [3.8, 4) is 11.1 Å². The van der Waals surface area contributed by atoms with Gasteiger partial charge >= 0.3 is 0 Å². The zero-order chi connectivity index (χ0) is 23.5. The van der Waals surface area contributed by atoms with E-state index in [4.69, 9.17) is 0 Å². The lowest BCUT2D eigenvalue weighted by Gasteiger charge is -2.38. The van der Waals surface area contributed by atoms with E-state index in [-0.39, 0.29) is 4.90 Å². The molecule has 2 aromatic carbocycles. The van der Waals surface area contributed by atoms with Crippen molar-refractivity contribution in [3.63, 3.8) is 0 Å². The molecule has 5 rings (SSSR count). The summed E-state index contributed by atoms with van der Waals surface area (Å²) < 4.78 is 41.3. The van der Waals surface area contributed by atoms with Crippen LogP contribution in [0.15, 0.2) is 71.8 Å². The Morgan fingerprint density at radius 2 is 1.53 bits per heavy atom. The highest BCUT2D eigenvalue weighted by molar-refractivity contribution is 7.92. The number of hydrogen-bond acceptors (Lipinski definition) is 5. The lowest BCUT2D eigenvalue weighted by atomic mass is 10.1. The molecule has 6 nitrogen and oxygen atoms in total. The van der Waals surface area contributed by atoms with E-state index in [0.717, 1.165) is 55.2 Å². The van der Waals surface area contributed by atoms with Crippen LogP contribution in [0.4, 0.5) is 15.9 Å². The fraction of sp³-hybridized carbons (Fsp3) is 0.346. The van der Waals surface area contributed by atoms with E-state index >= 15 is 0 Å². The molecule has 2 heterocycles. The summed E-state index contributed by atoms with van der Waals surface area (Å²) in [7, 11) is -4.00. The molecule has 8 heteroatoms. The minimum atomic E-state index is -4.00. The zero-order valence-corrected chi connectivity index (χ0v) is 19.8. The van der Waals surface area contributed by atoms with Gasteiger partial charge in [-0.05, 0) is 54.8 Å². The van der Waals surface area contributed by atoms with E-state index in [1.54, 1.807) is 12.1 Å². The first-order chi connectivity index (χ1) is 16.5. The molecule has 178 valence electrons. The van der Waals surface area contributed by atoms with Crippen LogP contribution in [0.25, 0.3) is 11.1 Å². The van der Waals surface area contributed by atoms with E-state index in [2.05, 4.69) is 25.6 Å². The van der Waals surface area contributed by atoms with E-state index < -0.39 is 15.8 Å². The Morgan fingerprint density at radius 1 is 0.853 bits per heavy atom. The third-order valence-electron chi connectivity index (χ3n) is 6.82. The SMILES string of the molecule is O=S(=O)(Nc1ccc(-c2ccc(N3CCN(C4CCCC4)CC3)nc2)cc1)c1ccccc1F. The van der Waals surface area contributed by atoms with Gasteiger partial charge < -0.3 is 4.90 Å². The number of sulfonamides is 1. The van der Waals surface area contributed by atoms with Crippen LogP contribution >= 0.6 is 0 Å². The molecule has 0 atom stereocenters. The quantitative estimate of drug-likeness (QED) is 0.551. The smallest absolute Gasteiger partial charge is 0.264 e. The number of nitrogens with zero attached hydrogens (tertiary/aromatic N) is 3. The number of pyridine rings is 1. The predicted molar refractivity (Wildman–Crippen MR) is 133 cm³/mol. The summed E-state index contributed by atoms with van der Waals surface area (Å²) in [6.45, 7) is 4.19. The molecule has 0 amide bonds. The van der Waals surface area contributed by atoms with Crippen LogP contribution in [0.5, 0.6) is 0 Å². The lowest BCUT2D eigenvalue weighted by molar-refractivity contribution is 0.187. The average Bonchev–Trinajstić information content (AvgIpc) is 3.40. The summed E-state index contributed by atoms with van der Waals surface area (Å²) in [4.78, 5) is 9.30. The fourth-order valence-corrected chi connectivity index (χ4v) is 6.07. The Balaban J connectivity index is 1.22. The molecular formula is C26H29FN4O2S. The number of piperazine rings is 1. The molecule has 1 aliphatic carbocycles. The van der Waals surface area contributed by atoms with E-state index in [1.807, 2.05) is 24.4 Å². The molecule has 1 saturated carbocycles. The number of benzene rings is 2. The standard InChI is InChI=1S/C26H29FN4O2S/c27-24-7-3-4-8-25(24)34(32,33)29-22-12-9-20(10-13-22)21-11-14-26(28-19-21)31-17-15-30(16-18-31)23-5-1-2-6-23/h3-4,7-14,19,23,29H,1-2,5-6,15-18H2. The monoisotopic (exact) mass is 480 g/mol. The number of anilines is 2. The molecule has 1 aliphatic heterocycles. The molecular weight excluding hydrogens is 451 g/mol. The summed E-state index contributed by atoms with van der Waals surface area (Å²) in [6, 6.07) is 17.2. The molecule has 0 spiro atoms. The highest BCUT2D eigenvalue weighted by atomic mass is 32.2. The molecule has 0 bridgehead atoms. The molecule has 34 heavy (non-hydrogen) atoms. The lowest BCUT2D eigenvalue weighted by Crippen LogP contribution is -2.49. The Labute approximate surface area is 200 Å². The summed E-state index contributed by atoms with van der Waals surface area (Å²) in [5, 5.41) is 0. The van der Waals surface area contributed by atoms with Crippen molar-refractivity contribution >= 4 is 21.5 Å². The Morgan fingerprint density at radius 3 is 2.18 bits per heavy atom. The van der Waals surface area contributed by atoms with Gasteiger partial charge in [0, 0.05) is 49.7 Å². The largest absolute Gasteiger partial charge is 0.354 e. The van der Waals surface area contributed by atoms with Crippen LogP contribution in [-0.2, 0) is 10.0 Å². The second-order valence-corrected chi connectivity index (χ2v) is 10.6. The van der Waals surface area contributed by atoms with Crippen LogP contribution in [0.1, 0.15) is 25.7 Å². The fourth-order valence-electron chi connectivity index (χ4n) is 4.93. The predicted octanol–water partition coefficient (Wildman–Crippen LogP) is 4.75. The van der Waals surface area contributed by atoms with Crippen molar-refractivity contribution < 1.29 is 12.8 Å². The van der Waals surface area contributed by atoms with Gasteiger partial charge in [-0.1, -0.05) is 37.1 Å². The maximum Gasteiger partial charge on any atom is 0.264 e.